The Balaban J connectivity index is 2.31. The fourth-order valence-corrected chi connectivity index (χ4v) is 1.97. The summed E-state index contributed by atoms with van der Waals surface area (Å²) in [5.74, 6) is 1.65. The summed E-state index contributed by atoms with van der Waals surface area (Å²) in [6.07, 6.45) is 3.53. The van der Waals surface area contributed by atoms with E-state index in [1.54, 1.807) is 12.4 Å². The minimum atomic E-state index is -0.00777. The Kier molecular flexibility index (Phi) is 4.86. The largest absolute Gasteiger partial charge is 0.494 e. The van der Waals surface area contributed by atoms with Crippen molar-refractivity contribution in [3.63, 3.8) is 0 Å². The molecule has 19 heavy (non-hydrogen) atoms. The molecule has 1 aromatic heterocycles. The van der Waals surface area contributed by atoms with Crippen LogP contribution in [0.2, 0.25) is 0 Å². The SMILES string of the molecule is CCNC(c1cccc(OCC)c1)c1ncccn1. The van der Waals surface area contributed by atoms with E-state index in [2.05, 4.69) is 28.3 Å². The van der Waals surface area contributed by atoms with Gasteiger partial charge in [0.1, 0.15) is 11.6 Å². The van der Waals surface area contributed by atoms with Crippen LogP contribution in [-0.4, -0.2) is 23.1 Å². The van der Waals surface area contributed by atoms with Crippen LogP contribution < -0.4 is 10.1 Å². The van der Waals surface area contributed by atoms with Crippen molar-refractivity contribution in [3.05, 3.63) is 54.1 Å². The molecule has 2 rings (SSSR count). The van der Waals surface area contributed by atoms with Gasteiger partial charge in [-0.05, 0) is 37.2 Å². The highest BCUT2D eigenvalue weighted by atomic mass is 16.5. The fraction of sp³-hybridized carbons (Fsp3) is 0.333. The number of ether oxygens (including phenoxy) is 1. The Bertz CT molecular complexity index is 502. The second-order valence-electron chi connectivity index (χ2n) is 4.10. The van der Waals surface area contributed by atoms with Crippen LogP contribution >= 0.6 is 0 Å². The van der Waals surface area contributed by atoms with Gasteiger partial charge in [0.05, 0.1) is 12.6 Å². The van der Waals surface area contributed by atoms with Gasteiger partial charge in [0, 0.05) is 12.4 Å². The van der Waals surface area contributed by atoms with Gasteiger partial charge >= 0.3 is 0 Å². The number of nitrogens with zero attached hydrogens (tertiary/aromatic N) is 2. The average Bonchev–Trinajstić information content (AvgIpc) is 2.46. The Morgan fingerprint density at radius 2 is 1.95 bits per heavy atom. The van der Waals surface area contributed by atoms with Crippen LogP contribution in [0.5, 0.6) is 5.75 Å². The molecule has 0 aliphatic heterocycles. The lowest BCUT2D eigenvalue weighted by Crippen LogP contribution is -2.23. The molecule has 4 heteroatoms. The maximum Gasteiger partial charge on any atom is 0.149 e. The number of nitrogens with one attached hydrogen (secondary N) is 1. The van der Waals surface area contributed by atoms with E-state index in [9.17, 15) is 0 Å². The summed E-state index contributed by atoms with van der Waals surface area (Å²) in [5, 5.41) is 3.40. The van der Waals surface area contributed by atoms with Crippen molar-refractivity contribution in [2.45, 2.75) is 19.9 Å². The van der Waals surface area contributed by atoms with Gasteiger partial charge in [0.2, 0.25) is 0 Å². The van der Waals surface area contributed by atoms with E-state index < -0.39 is 0 Å². The molecule has 4 nitrogen and oxygen atoms in total. The van der Waals surface area contributed by atoms with Gasteiger partial charge in [0.25, 0.3) is 0 Å². The van der Waals surface area contributed by atoms with E-state index >= 15 is 0 Å². The van der Waals surface area contributed by atoms with Crippen LogP contribution in [0.4, 0.5) is 0 Å². The minimum absolute atomic E-state index is 0.00777. The Labute approximate surface area is 113 Å². The second-order valence-corrected chi connectivity index (χ2v) is 4.10. The van der Waals surface area contributed by atoms with Gasteiger partial charge in [-0.25, -0.2) is 9.97 Å². The highest BCUT2D eigenvalue weighted by molar-refractivity contribution is 5.33. The van der Waals surface area contributed by atoms with Crippen LogP contribution in [0.1, 0.15) is 31.3 Å². The molecule has 2 aromatic rings. The molecular weight excluding hydrogens is 238 g/mol. The van der Waals surface area contributed by atoms with E-state index in [1.807, 2.05) is 31.2 Å². The Morgan fingerprint density at radius 1 is 1.16 bits per heavy atom. The first kappa shape index (κ1) is 13.5. The quantitative estimate of drug-likeness (QED) is 0.864. The van der Waals surface area contributed by atoms with E-state index in [-0.39, 0.29) is 6.04 Å². The molecule has 0 fully saturated rings. The molecule has 1 aromatic carbocycles. The van der Waals surface area contributed by atoms with Crippen molar-refractivity contribution in [2.24, 2.45) is 0 Å². The first-order valence-electron chi connectivity index (χ1n) is 6.58. The lowest BCUT2D eigenvalue weighted by molar-refractivity contribution is 0.339. The number of hydrogen-bond acceptors (Lipinski definition) is 4. The van der Waals surface area contributed by atoms with Gasteiger partial charge in [0.15, 0.2) is 0 Å². The Hall–Kier alpha value is -1.94. The molecule has 0 bridgehead atoms. The molecule has 1 heterocycles. The molecular formula is C15H19N3O. The van der Waals surface area contributed by atoms with Crippen molar-refractivity contribution in [2.75, 3.05) is 13.2 Å². The monoisotopic (exact) mass is 257 g/mol. The van der Waals surface area contributed by atoms with E-state index in [0.29, 0.717) is 6.61 Å². The highest BCUT2D eigenvalue weighted by Crippen LogP contribution is 2.22. The zero-order chi connectivity index (χ0) is 13.5. The van der Waals surface area contributed by atoms with Crippen LogP contribution in [0, 0.1) is 0 Å². The smallest absolute Gasteiger partial charge is 0.149 e. The predicted octanol–water partition coefficient (Wildman–Crippen LogP) is 2.57. The molecule has 0 radical (unpaired) electrons. The van der Waals surface area contributed by atoms with E-state index in [0.717, 1.165) is 23.7 Å². The molecule has 0 aliphatic rings. The summed E-state index contributed by atoms with van der Waals surface area (Å²) >= 11 is 0. The maximum absolute atomic E-state index is 5.54. The summed E-state index contributed by atoms with van der Waals surface area (Å²) < 4.78 is 5.54. The molecule has 0 aliphatic carbocycles. The maximum atomic E-state index is 5.54. The first-order chi connectivity index (χ1) is 9.35. The third-order valence-electron chi connectivity index (χ3n) is 2.75. The normalized spacial score (nSPS) is 12.1. The molecule has 100 valence electrons. The fourth-order valence-electron chi connectivity index (χ4n) is 1.97. The zero-order valence-corrected chi connectivity index (χ0v) is 11.3. The lowest BCUT2D eigenvalue weighted by atomic mass is 10.1. The van der Waals surface area contributed by atoms with Crippen LogP contribution in [0.3, 0.4) is 0 Å². The minimum Gasteiger partial charge on any atom is -0.494 e. The summed E-state index contributed by atoms with van der Waals surface area (Å²) in [6, 6.07) is 9.87. The number of rotatable bonds is 6. The van der Waals surface area contributed by atoms with Crippen LogP contribution in [0.25, 0.3) is 0 Å². The summed E-state index contributed by atoms with van der Waals surface area (Å²) in [6.45, 7) is 5.57. The molecule has 0 saturated heterocycles. The van der Waals surface area contributed by atoms with Crippen molar-refractivity contribution in [1.82, 2.24) is 15.3 Å². The first-order valence-corrected chi connectivity index (χ1v) is 6.58. The average molecular weight is 257 g/mol. The second kappa shape index (κ2) is 6.85. The van der Waals surface area contributed by atoms with Gasteiger partial charge in [-0.2, -0.15) is 0 Å². The number of hydrogen-bond donors (Lipinski definition) is 1. The van der Waals surface area contributed by atoms with Gasteiger partial charge in [-0.3, -0.25) is 0 Å². The summed E-state index contributed by atoms with van der Waals surface area (Å²) in [7, 11) is 0. The van der Waals surface area contributed by atoms with E-state index in [4.69, 9.17) is 4.74 Å². The molecule has 0 spiro atoms. The van der Waals surface area contributed by atoms with Gasteiger partial charge < -0.3 is 10.1 Å². The molecule has 1 atom stereocenters. The van der Waals surface area contributed by atoms with E-state index in [1.165, 1.54) is 0 Å². The zero-order valence-electron chi connectivity index (χ0n) is 11.3. The summed E-state index contributed by atoms with van der Waals surface area (Å²) in [5.41, 5.74) is 1.11. The number of aromatic nitrogens is 2. The molecule has 1 unspecified atom stereocenters. The lowest BCUT2D eigenvalue weighted by Gasteiger charge is -2.17. The standard InChI is InChI=1S/C15H19N3O/c1-3-16-14(15-17-9-6-10-18-15)12-7-5-8-13(11-12)19-4-2/h5-11,14,16H,3-4H2,1-2H3. The van der Waals surface area contributed by atoms with Crippen molar-refractivity contribution < 1.29 is 4.74 Å². The predicted molar refractivity (Wildman–Crippen MR) is 75.2 cm³/mol. The molecule has 1 N–H and O–H groups in total. The van der Waals surface area contributed by atoms with Crippen molar-refractivity contribution in [1.29, 1.82) is 0 Å². The third kappa shape index (κ3) is 3.51. The summed E-state index contributed by atoms with van der Waals surface area (Å²) in [4.78, 5) is 8.67. The van der Waals surface area contributed by atoms with Gasteiger partial charge in [-0.1, -0.05) is 19.1 Å². The third-order valence-corrected chi connectivity index (χ3v) is 2.75. The van der Waals surface area contributed by atoms with Crippen LogP contribution in [0.15, 0.2) is 42.7 Å². The van der Waals surface area contributed by atoms with Crippen LogP contribution in [-0.2, 0) is 0 Å². The molecule has 0 saturated carbocycles. The van der Waals surface area contributed by atoms with Crippen molar-refractivity contribution in [3.8, 4) is 5.75 Å². The number of benzene rings is 1. The van der Waals surface area contributed by atoms with Crippen molar-refractivity contribution >= 4 is 0 Å². The topological polar surface area (TPSA) is 47.0 Å². The van der Waals surface area contributed by atoms with Gasteiger partial charge in [-0.15, -0.1) is 0 Å². The Morgan fingerprint density at radius 3 is 2.63 bits per heavy atom. The molecule has 0 amide bonds. The highest BCUT2D eigenvalue weighted by Gasteiger charge is 2.15.